The summed E-state index contributed by atoms with van der Waals surface area (Å²) >= 11 is 3.25. The van der Waals surface area contributed by atoms with Crippen LogP contribution >= 0.6 is 15.9 Å². The van der Waals surface area contributed by atoms with Crippen molar-refractivity contribution in [3.05, 3.63) is 22.2 Å². The number of benzene rings is 1. The molecule has 0 amide bonds. The summed E-state index contributed by atoms with van der Waals surface area (Å²) in [6, 6.07) is 2.97. The van der Waals surface area contributed by atoms with E-state index in [1.165, 1.54) is 20.3 Å². The lowest BCUT2D eigenvalue weighted by molar-refractivity contribution is -0.135. The Morgan fingerprint density at radius 2 is 1.65 bits per heavy atom. The van der Waals surface area contributed by atoms with Gasteiger partial charge in [0.05, 0.1) is 31.4 Å². The van der Waals surface area contributed by atoms with E-state index >= 15 is 0 Å². The molecule has 0 spiro atoms. The summed E-state index contributed by atoms with van der Waals surface area (Å²) in [7, 11) is 4.00. The number of carbonyl (C=O) groups is 2. The molecule has 1 aromatic rings. The van der Waals surface area contributed by atoms with Gasteiger partial charge in [-0.1, -0.05) is 0 Å². The van der Waals surface area contributed by atoms with Gasteiger partial charge in [-0.05, 0) is 28.1 Å². The van der Waals surface area contributed by atoms with E-state index < -0.39 is 11.8 Å². The van der Waals surface area contributed by atoms with Gasteiger partial charge < -0.3 is 14.2 Å². The summed E-state index contributed by atoms with van der Waals surface area (Å²) in [5.41, 5.74) is 0.0967. The van der Waals surface area contributed by atoms with E-state index in [4.69, 9.17) is 9.47 Å². The molecule has 92 valence electrons. The highest BCUT2D eigenvalue weighted by Crippen LogP contribution is 2.33. The predicted molar refractivity (Wildman–Crippen MR) is 63.6 cm³/mol. The number of methoxy groups -OCH3 is 3. The molecule has 0 bridgehead atoms. The normalized spacial score (nSPS) is 9.65. The Morgan fingerprint density at radius 1 is 1.06 bits per heavy atom. The summed E-state index contributed by atoms with van der Waals surface area (Å²) in [5.74, 6) is -1.03. The van der Waals surface area contributed by atoms with Crippen LogP contribution in [0.15, 0.2) is 16.6 Å². The van der Waals surface area contributed by atoms with Crippen molar-refractivity contribution in [3.8, 4) is 11.5 Å². The van der Waals surface area contributed by atoms with E-state index in [0.29, 0.717) is 10.2 Å². The Bertz CT molecular complexity index is 455. The average Bonchev–Trinajstić information content (AvgIpc) is 2.36. The molecule has 0 saturated heterocycles. The van der Waals surface area contributed by atoms with Crippen molar-refractivity contribution in [3.63, 3.8) is 0 Å². The van der Waals surface area contributed by atoms with Gasteiger partial charge in [0.15, 0.2) is 0 Å². The molecule has 0 N–H and O–H groups in total. The van der Waals surface area contributed by atoms with E-state index in [1.54, 1.807) is 6.07 Å². The van der Waals surface area contributed by atoms with Crippen LogP contribution in [0.3, 0.4) is 0 Å². The van der Waals surface area contributed by atoms with Gasteiger partial charge in [0, 0.05) is 0 Å². The summed E-state index contributed by atoms with van der Waals surface area (Å²) < 4.78 is 15.1. The zero-order chi connectivity index (χ0) is 13.0. The number of hydrogen-bond donors (Lipinski definition) is 0. The number of halogens is 1. The first-order chi connectivity index (χ1) is 8.04. The second-order valence-corrected chi connectivity index (χ2v) is 3.86. The lowest BCUT2D eigenvalue weighted by atomic mass is 10.1. The Kier molecular flexibility index (Phi) is 4.51. The fourth-order valence-corrected chi connectivity index (χ4v) is 1.72. The third-order valence-corrected chi connectivity index (χ3v) is 2.71. The molecule has 0 aromatic heterocycles. The van der Waals surface area contributed by atoms with Crippen LogP contribution in [-0.4, -0.2) is 33.1 Å². The second-order valence-electron chi connectivity index (χ2n) is 3.01. The smallest absolute Gasteiger partial charge is 0.379 e. The van der Waals surface area contributed by atoms with Gasteiger partial charge in [0.2, 0.25) is 0 Å². The Morgan fingerprint density at radius 3 is 2.12 bits per heavy atom. The second kappa shape index (κ2) is 5.67. The standard InChI is InChI=1S/C11H11BrO5/c1-15-8-5-7(12)9(16-2)4-6(8)10(13)11(14)17-3/h4-5H,1-3H3. The van der Waals surface area contributed by atoms with Crippen LogP contribution in [0.4, 0.5) is 0 Å². The van der Waals surface area contributed by atoms with Gasteiger partial charge in [-0.25, -0.2) is 4.79 Å². The maximum absolute atomic E-state index is 11.7. The van der Waals surface area contributed by atoms with Crippen LogP contribution in [-0.2, 0) is 9.53 Å². The molecule has 0 fully saturated rings. The summed E-state index contributed by atoms with van der Waals surface area (Å²) in [4.78, 5) is 22.9. The minimum Gasteiger partial charge on any atom is -0.496 e. The maximum atomic E-state index is 11.7. The first-order valence-electron chi connectivity index (χ1n) is 4.59. The van der Waals surface area contributed by atoms with Crippen molar-refractivity contribution in [1.29, 1.82) is 0 Å². The highest BCUT2D eigenvalue weighted by molar-refractivity contribution is 9.10. The Balaban J connectivity index is 3.30. The molecular weight excluding hydrogens is 292 g/mol. The summed E-state index contributed by atoms with van der Waals surface area (Å²) in [6.07, 6.45) is 0. The Labute approximate surface area is 107 Å². The van der Waals surface area contributed by atoms with Crippen LogP contribution in [0.2, 0.25) is 0 Å². The number of esters is 1. The van der Waals surface area contributed by atoms with Gasteiger partial charge in [-0.15, -0.1) is 0 Å². The zero-order valence-corrected chi connectivity index (χ0v) is 11.2. The van der Waals surface area contributed by atoms with Gasteiger partial charge in [0.1, 0.15) is 11.5 Å². The van der Waals surface area contributed by atoms with Crippen molar-refractivity contribution in [1.82, 2.24) is 0 Å². The zero-order valence-electron chi connectivity index (χ0n) is 9.57. The molecule has 1 rings (SSSR count). The van der Waals surface area contributed by atoms with E-state index in [1.807, 2.05) is 0 Å². The first-order valence-corrected chi connectivity index (χ1v) is 5.38. The summed E-state index contributed by atoms with van der Waals surface area (Å²) in [6.45, 7) is 0. The SMILES string of the molecule is COC(=O)C(=O)c1cc(OC)c(Br)cc1OC. The lowest BCUT2D eigenvalue weighted by Gasteiger charge is -2.10. The molecule has 0 heterocycles. The molecule has 0 aliphatic rings. The lowest BCUT2D eigenvalue weighted by Crippen LogP contribution is -2.16. The third-order valence-electron chi connectivity index (χ3n) is 2.09. The molecule has 6 heteroatoms. The molecule has 0 radical (unpaired) electrons. The van der Waals surface area contributed by atoms with Crippen LogP contribution in [0.1, 0.15) is 10.4 Å². The average molecular weight is 303 g/mol. The van der Waals surface area contributed by atoms with Crippen molar-refractivity contribution in [2.24, 2.45) is 0 Å². The monoisotopic (exact) mass is 302 g/mol. The highest BCUT2D eigenvalue weighted by atomic mass is 79.9. The maximum Gasteiger partial charge on any atom is 0.379 e. The van der Waals surface area contributed by atoms with Crippen LogP contribution < -0.4 is 9.47 Å². The van der Waals surface area contributed by atoms with E-state index in [0.717, 1.165) is 7.11 Å². The number of Topliss-reactive ketones (excluding diaryl/α,β-unsaturated/α-hetero) is 1. The van der Waals surface area contributed by atoms with Crippen LogP contribution in [0.5, 0.6) is 11.5 Å². The number of ketones is 1. The third kappa shape index (κ3) is 2.76. The van der Waals surface area contributed by atoms with E-state index in [9.17, 15) is 9.59 Å². The van der Waals surface area contributed by atoms with Gasteiger partial charge in [-0.3, -0.25) is 4.79 Å². The molecule has 1 aromatic carbocycles. The van der Waals surface area contributed by atoms with Crippen molar-refractivity contribution >= 4 is 27.7 Å². The number of carbonyl (C=O) groups excluding carboxylic acids is 2. The molecule has 0 saturated carbocycles. The van der Waals surface area contributed by atoms with Crippen molar-refractivity contribution < 1.29 is 23.8 Å². The minimum absolute atomic E-state index is 0.0967. The molecule has 17 heavy (non-hydrogen) atoms. The first kappa shape index (κ1) is 13.5. The number of rotatable bonds is 4. The topological polar surface area (TPSA) is 61.8 Å². The minimum atomic E-state index is -0.951. The Hall–Kier alpha value is -1.56. The largest absolute Gasteiger partial charge is 0.496 e. The van der Waals surface area contributed by atoms with Gasteiger partial charge in [-0.2, -0.15) is 0 Å². The molecular formula is C11H11BrO5. The van der Waals surface area contributed by atoms with E-state index in [-0.39, 0.29) is 11.3 Å². The van der Waals surface area contributed by atoms with Crippen LogP contribution in [0, 0.1) is 0 Å². The molecule has 0 atom stereocenters. The van der Waals surface area contributed by atoms with Crippen LogP contribution in [0.25, 0.3) is 0 Å². The number of ether oxygens (including phenoxy) is 3. The predicted octanol–water partition coefficient (Wildman–Crippen LogP) is 1.82. The van der Waals surface area contributed by atoms with Gasteiger partial charge >= 0.3 is 5.97 Å². The van der Waals surface area contributed by atoms with Gasteiger partial charge in [0.25, 0.3) is 5.78 Å². The van der Waals surface area contributed by atoms with E-state index in [2.05, 4.69) is 20.7 Å². The quantitative estimate of drug-likeness (QED) is 0.482. The fourth-order valence-electron chi connectivity index (χ4n) is 1.24. The summed E-state index contributed by atoms with van der Waals surface area (Å²) in [5, 5.41) is 0. The molecule has 0 aliphatic carbocycles. The molecule has 5 nitrogen and oxygen atoms in total. The molecule has 0 unspecified atom stereocenters. The fraction of sp³-hybridized carbons (Fsp3) is 0.273. The van der Waals surface area contributed by atoms with Crippen molar-refractivity contribution in [2.75, 3.05) is 21.3 Å². The number of hydrogen-bond acceptors (Lipinski definition) is 5. The highest BCUT2D eigenvalue weighted by Gasteiger charge is 2.22. The molecule has 0 aliphatic heterocycles. The van der Waals surface area contributed by atoms with Crippen molar-refractivity contribution in [2.45, 2.75) is 0 Å².